The lowest BCUT2D eigenvalue weighted by atomic mass is 10.1. The van der Waals surface area contributed by atoms with Gasteiger partial charge < -0.3 is 10.2 Å². The molecule has 1 N–H and O–H groups in total. The van der Waals surface area contributed by atoms with E-state index < -0.39 is 5.82 Å². The van der Waals surface area contributed by atoms with Crippen LogP contribution in [0.4, 0.5) is 10.1 Å². The predicted octanol–water partition coefficient (Wildman–Crippen LogP) is 6.13. The van der Waals surface area contributed by atoms with Gasteiger partial charge in [0.15, 0.2) is 0 Å². The molecule has 3 aromatic carbocycles. The van der Waals surface area contributed by atoms with Crippen LogP contribution < -0.4 is 5.32 Å². The van der Waals surface area contributed by atoms with E-state index in [0.717, 1.165) is 48.3 Å². The zero-order valence-corrected chi connectivity index (χ0v) is 21.3. The van der Waals surface area contributed by atoms with Crippen LogP contribution in [0.25, 0.3) is 0 Å². The molecule has 0 saturated heterocycles. The number of nitrogens with one attached hydrogen (secondary N) is 1. The van der Waals surface area contributed by atoms with Crippen LogP contribution in [0.5, 0.6) is 0 Å². The molecule has 1 aliphatic heterocycles. The van der Waals surface area contributed by atoms with E-state index in [1.807, 2.05) is 41.3 Å². The topological polar surface area (TPSA) is 35.6 Å². The molecule has 0 radical (unpaired) electrons. The largest absolute Gasteiger partial charge is 0.385 e. The monoisotopic (exact) mass is 543 g/mol. The fourth-order valence-electron chi connectivity index (χ4n) is 4.23. The molecule has 0 saturated carbocycles. The van der Waals surface area contributed by atoms with Gasteiger partial charge >= 0.3 is 0 Å². The number of hydrogen-bond acceptors (Lipinski definition) is 3. The molecule has 7 heteroatoms. The van der Waals surface area contributed by atoms with Gasteiger partial charge in [0.05, 0.1) is 6.42 Å². The molecule has 4 rings (SSSR count). The molecule has 3 aromatic rings. The smallest absolute Gasteiger partial charge is 0.227 e. The van der Waals surface area contributed by atoms with E-state index in [0.29, 0.717) is 13.1 Å². The number of carbonyl (C=O) groups is 1. The molecule has 1 heterocycles. The summed E-state index contributed by atoms with van der Waals surface area (Å²) in [7, 11) is 0. The first-order valence-electron chi connectivity index (χ1n) is 11.5. The van der Waals surface area contributed by atoms with E-state index in [9.17, 15) is 9.18 Å². The van der Waals surface area contributed by atoms with Gasteiger partial charge in [-0.3, -0.25) is 9.69 Å². The summed E-state index contributed by atoms with van der Waals surface area (Å²) in [5.41, 5.74) is 3.53. The summed E-state index contributed by atoms with van der Waals surface area (Å²) in [6.45, 7) is 4.29. The van der Waals surface area contributed by atoms with Crippen molar-refractivity contribution in [3.8, 4) is 0 Å². The van der Waals surface area contributed by atoms with Crippen molar-refractivity contribution in [2.75, 3.05) is 31.5 Å². The maximum Gasteiger partial charge on any atom is 0.227 e. The fraction of sp³-hybridized carbons (Fsp3) is 0.296. The van der Waals surface area contributed by atoms with Crippen molar-refractivity contribution in [1.29, 1.82) is 0 Å². The molecule has 0 aromatic heterocycles. The van der Waals surface area contributed by atoms with Gasteiger partial charge in [0.1, 0.15) is 5.82 Å². The van der Waals surface area contributed by atoms with Crippen molar-refractivity contribution < 1.29 is 9.18 Å². The molecule has 0 bridgehead atoms. The van der Waals surface area contributed by atoms with Crippen LogP contribution in [-0.2, 0) is 24.3 Å². The van der Waals surface area contributed by atoms with Gasteiger partial charge in [0.25, 0.3) is 0 Å². The molecule has 0 fully saturated rings. The van der Waals surface area contributed by atoms with Crippen molar-refractivity contribution in [3.05, 3.63) is 98.7 Å². The summed E-state index contributed by atoms with van der Waals surface area (Å²) in [6, 6.07) is 21.0. The first-order valence-corrected chi connectivity index (χ1v) is 12.7. The molecule has 0 atom stereocenters. The number of halogens is 3. The number of fused-ring (bicyclic) bond motifs is 1. The molecule has 0 unspecified atom stereocenters. The van der Waals surface area contributed by atoms with Gasteiger partial charge in [-0.25, -0.2) is 4.39 Å². The first kappa shape index (κ1) is 24.7. The van der Waals surface area contributed by atoms with Gasteiger partial charge in [-0.1, -0.05) is 63.9 Å². The molecule has 1 amide bonds. The minimum absolute atomic E-state index is 0.0685. The number of amides is 1. The van der Waals surface area contributed by atoms with Crippen LogP contribution in [0.15, 0.2) is 71.2 Å². The average molecular weight is 545 g/mol. The maximum absolute atomic E-state index is 14.4. The van der Waals surface area contributed by atoms with Crippen LogP contribution >= 0.6 is 27.5 Å². The second kappa shape index (κ2) is 11.8. The van der Waals surface area contributed by atoms with Crippen LogP contribution in [0, 0.1) is 5.82 Å². The fourth-order valence-corrected chi connectivity index (χ4v) is 4.87. The highest BCUT2D eigenvalue weighted by molar-refractivity contribution is 9.10. The van der Waals surface area contributed by atoms with Crippen LogP contribution in [0.2, 0.25) is 5.02 Å². The highest BCUT2D eigenvalue weighted by atomic mass is 79.9. The van der Waals surface area contributed by atoms with E-state index >= 15 is 0 Å². The summed E-state index contributed by atoms with van der Waals surface area (Å²) in [4.78, 5) is 17.6. The van der Waals surface area contributed by atoms with E-state index in [1.54, 1.807) is 12.1 Å². The number of hydrogen-bond donors (Lipinski definition) is 1. The predicted molar refractivity (Wildman–Crippen MR) is 139 cm³/mol. The Hall–Kier alpha value is -2.41. The highest BCUT2D eigenvalue weighted by Crippen LogP contribution is 2.25. The third kappa shape index (κ3) is 6.59. The minimum atomic E-state index is -0.450. The summed E-state index contributed by atoms with van der Waals surface area (Å²) in [5.74, 6) is -0.592. The van der Waals surface area contributed by atoms with Crippen LogP contribution in [0.1, 0.15) is 23.1 Å². The number of carbonyl (C=O) groups excluding carboxylic acids is 1. The van der Waals surface area contributed by atoms with Gasteiger partial charge in [0.2, 0.25) is 5.91 Å². The summed E-state index contributed by atoms with van der Waals surface area (Å²) in [6.07, 6.45) is 0.919. The molecule has 0 spiro atoms. The minimum Gasteiger partial charge on any atom is -0.385 e. The molecular weight excluding hydrogens is 517 g/mol. The standard InChI is InChI=1S/C27H28BrClFN3O/c28-22-10-11-26-21(16-22)19-33(27(34)17-23-24(29)8-4-9-25(23)30)15-14-32(13-5-12-31-26)18-20-6-2-1-3-7-20/h1-4,6-11,16,31H,5,12-15,17-19H2. The second-order valence-corrected chi connectivity index (χ2v) is 9.86. The lowest BCUT2D eigenvalue weighted by Gasteiger charge is -2.28. The van der Waals surface area contributed by atoms with Crippen molar-refractivity contribution in [2.45, 2.75) is 25.9 Å². The van der Waals surface area contributed by atoms with Crippen molar-refractivity contribution in [1.82, 2.24) is 9.80 Å². The van der Waals surface area contributed by atoms with E-state index in [2.05, 4.69) is 38.3 Å². The lowest BCUT2D eigenvalue weighted by molar-refractivity contribution is -0.131. The normalized spacial score (nSPS) is 15.2. The Balaban J connectivity index is 1.58. The Morgan fingerprint density at radius 2 is 1.85 bits per heavy atom. The molecule has 0 aliphatic carbocycles. The highest BCUT2D eigenvalue weighted by Gasteiger charge is 2.21. The van der Waals surface area contributed by atoms with E-state index in [1.165, 1.54) is 11.6 Å². The summed E-state index contributed by atoms with van der Waals surface area (Å²) >= 11 is 9.78. The zero-order valence-electron chi connectivity index (χ0n) is 18.9. The van der Waals surface area contributed by atoms with E-state index in [4.69, 9.17) is 11.6 Å². The van der Waals surface area contributed by atoms with Crippen molar-refractivity contribution >= 4 is 39.1 Å². The van der Waals surface area contributed by atoms with E-state index in [-0.39, 0.29) is 22.9 Å². The number of nitrogens with zero attached hydrogens (tertiary/aromatic N) is 2. The Labute approximate surface area is 213 Å². The quantitative estimate of drug-likeness (QED) is 0.429. The van der Waals surface area contributed by atoms with Crippen molar-refractivity contribution in [3.63, 3.8) is 0 Å². The van der Waals surface area contributed by atoms with Gasteiger partial charge in [-0.15, -0.1) is 0 Å². The Bertz CT molecular complexity index is 1110. The number of benzene rings is 3. The third-order valence-electron chi connectivity index (χ3n) is 6.07. The second-order valence-electron chi connectivity index (χ2n) is 8.54. The maximum atomic E-state index is 14.4. The Kier molecular flexibility index (Phi) is 8.59. The van der Waals surface area contributed by atoms with Crippen LogP contribution in [0.3, 0.4) is 0 Å². The molecule has 178 valence electrons. The number of anilines is 1. The SMILES string of the molecule is O=C(Cc1c(F)cccc1Cl)N1CCN(Cc2ccccc2)CCCNc2ccc(Br)cc2C1. The summed E-state index contributed by atoms with van der Waals surface area (Å²) in [5, 5.41) is 3.81. The first-order chi connectivity index (χ1) is 16.5. The molecule has 4 nitrogen and oxygen atoms in total. The Morgan fingerprint density at radius 1 is 1.03 bits per heavy atom. The summed E-state index contributed by atoms with van der Waals surface area (Å²) < 4.78 is 15.4. The zero-order chi connectivity index (χ0) is 23.9. The average Bonchev–Trinajstić information content (AvgIpc) is 2.86. The molecule has 34 heavy (non-hydrogen) atoms. The molecular formula is C27H28BrClFN3O. The number of rotatable bonds is 4. The van der Waals surface area contributed by atoms with Gasteiger partial charge in [-0.05, 0) is 47.9 Å². The van der Waals surface area contributed by atoms with Gasteiger partial charge in [0, 0.05) is 60.0 Å². The van der Waals surface area contributed by atoms with Crippen LogP contribution in [-0.4, -0.2) is 41.9 Å². The third-order valence-corrected chi connectivity index (χ3v) is 6.92. The van der Waals surface area contributed by atoms with Gasteiger partial charge in [-0.2, -0.15) is 0 Å². The molecule has 1 aliphatic rings. The lowest BCUT2D eigenvalue weighted by Crippen LogP contribution is -2.39. The Morgan fingerprint density at radius 3 is 2.65 bits per heavy atom. The van der Waals surface area contributed by atoms with Crippen molar-refractivity contribution in [2.24, 2.45) is 0 Å².